The molecule has 2 aromatic carbocycles. The maximum atomic E-state index is 9.60. The number of oxazole rings is 1. The van der Waals surface area contributed by atoms with Gasteiger partial charge < -0.3 is 18.5 Å². The fourth-order valence-electron chi connectivity index (χ4n) is 3.81. The first kappa shape index (κ1) is 19.0. The first-order valence-electron chi connectivity index (χ1n) is 10.2. The molecule has 5 rings (SSSR count). The molecule has 0 atom stereocenters. The zero-order valence-electron chi connectivity index (χ0n) is 17.2. The molecule has 154 valence electrons. The number of hydrogen-bond donors (Lipinski definition) is 0. The molecule has 0 fully saturated rings. The number of para-hydroxylation sites is 1. The normalized spacial score (nSPS) is 13.0. The van der Waals surface area contributed by atoms with Crippen molar-refractivity contribution in [1.29, 1.82) is 5.26 Å². The predicted octanol–water partition coefficient (Wildman–Crippen LogP) is 5.26. The van der Waals surface area contributed by atoms with Crippen LogP contribution in [0.1, 0.15) is 28.1 Å². The molecule has 0 unspecified atom stereocenters. The highest BCUT2D eigenvalue weighted by Gasteiger charge is 2.25. The van der Waals surface area contributed by atoms with Gasteiger partial charge in [0.1, 0.15) is 24.2 Å². The number of hydrogen-bond acceptors (Lipinski definition) is 6. The van der Waals surface area contributed by atoms with Gasteiger partial charge >= 0.3 is 0 Å². The molecular weight excluding hydrogens is 390 g/mol. The summed E-state index contributed by atoms with van der Waals surface area (Å²) < 4.78 is 17.7. The fraction of sp³-hybridized carbons (Fsp3) is 0.200. The quantitative estimate of drug-likeness (QED) is 0.446. The number of furan rings is 1. The Morgan fingerprint density at radius 1 is 1.03 bits per heavy atom. The van der Waals surface area contributed by atoms with E-state index >= 15 is 0 Å². The monoisotopic (exact) mass is 411 g/mol. The summed E-state index contributed by atoms with van der Waals surface area (Å²) in [6.45, 7) is 3.76. The van der Waals surface area contributed by atoms with Crippen LogP contribution in [0.15, 0.2) is 69.5 Å². The van der Waals surface area contributed by atoms with Crippen LogP contribution in [0.5, 0.6) is 5.75 Å². The Morgan fingerprint density at radius 3 is 2.68 bits per heavy atom. The number of fused-ring (bicyclic) bond motifs is 1. The van der Waals surface area contributed by atoms with Gasteiger partial charge in [-0.25, -0.2) is 0 Å². The minimum atomic E-state index is 0.267. The Hall–Kier alpha value is -3.98. The average molecular weight is 411 g/mol. The van der Waals surface area contributed by atoms with Crippen LogP contribution in [0.3, 0.4) is 0 Å². The molecule has 0 spiro atoms. The first-order chi connectivity index (χ1) is 15.2. The Kier molecular flexibility index (Phi) is 4.93. The van der Waals surface area contributed by atoms with Gasteiger partial charge in [0.25, 0.3) is 5.89 Å². The van der Waals surface area contributed by atoms with Crippen LogP contribution < -0.4 is 9.64 Å². The molecular formula is C25H21N3O3. The van der Waals surface area contributed by atoms with E-state index in [2.05, 4.69) is 34.2 Å². The van der Waals surface area contributed by atoms with Crippen LogP contribution in [0.2, 0.25) is 0 Å². The summed E-state index contributed by atoms with van der Waals surface area (Å²) >= 11 is 0. The fourth-order valence-corrected chi connectivity index (χ4v) is 3.81. The number of aromatic nitrogens is 1. The van der Waals surface area contributed by atoms with Crippen LogP contribution in [0.25, 0.3) is 11.7 Å². The van der Waals surface area contributed by atoms with Crippen molar-refractivity contribution in [2.24, 2.45) is 0 Å². The van der Waals surface area contributed by atoms with Gasteiger partial charge in [0.2, 0.25) is 11.6 Å². The molecule has 6 heteroatoms. The van der Waals surface area contributed by atoms with Crippen molar-refractivity contribution in [2.75, 3.05) is 11.4 Å². The van der Waals surface area contributed by atoms with Gasteiger partial charge in [-0.05, 0) is 48.2 Å². The molecule has 0 saturated carbocycles. The highest BCUT2D eigenvalue weighted by Crippen LogP contribution is 2.32. The molecule has 0 aliphatic carbocycles. The molecule has 0 bridgehead atoms. The largest absolute Gasteiger partial charge is 0.485 e. The van der Waals surface area contributed by atoms with Crippen molar-refractivity contribution in [2.45, 2.75) is 26.5 Å². The number of rotatable bonds is 5. The smallest absolute Gasteiger partial charge is 0.266 e. The second-order valence-corrected chi connectivity index (χ2v) is 7.54. The lowest BCUT2D eigenvalue weighted by Gasteiger charge is -2.28. The van der Waals surface area contributed by atoms with Gasteiger partial charge in [0.05, 0.1) is 0 Å². The molecule has 2 aromatic heterocycles. The van der Waals surface area contributed by atoms with Crippen molar-refractivity contribution in [3.8, 4) is 23.5 Å². The van der Waals surface area contributed by atoms with Crippen LogP contribution in [0, 0.1) is 18.3 Å². The minimum absolute atomic E-state index is 0.267. The van der Waals surface area contributed by atoms with E-state index in [0.29, 0.717) is 36.4 Å². The Morgan fingerprint density at radius 2 is 1.84 bits per heavy atom. The third-order valence-electron chi connectivity index (χ3n) is 5.47. The molecule has 0 amide bonds. The van der Waals surface area contributed by atoms with Gasteiger partial charge in [0.15, 0.2) is 5.76 Å². The highest BCUT2D eigenvalue weighted by atomic mass is 16.5. The average Bonchev–Trinajstić information content (AvgIpc) is 3.45. The van der Waals surface area contributed by atoms with E-state index in [1.54, 1.807) is 6.07 Å². The summed E-state index contributed by atoms with van der Waals surface area (Å²) in [5.41, 5.74) is 3.91. The Balaban J connectivity index is 1.35. The summed E-state index contributed by atoms with van der Waals surface area (Å²) in [4.78, 5) is 6.43. The number of nitriles is 1. The number of aryl methyl sites for hydroxylation is 1. The lowest BCUT2D eigenvalue weighted by molar-refractivity contribution is 0.269. The highest BCUT2D eigenvalue weighted by molar-refractivity contribution is 5.57. The lowest BCUT2D eigenvalue weighted by Crippen LogP contribution is -2.30. The van der Waals surface area contributed by atoms with Crippen molar-refractivity contribution in [3.63, 3.8) is 0 Å². The van der Waals surface area contributed by atoms with E-state index in [9.17, 15) is 5.26 Å². The molecule has 0 saturated heterocycles. The summed E-state index contributed by atoms with van der Waals surface area (Å²) in [6, 6.07) is 22.0. The molecule has 0 radical (unpaired) electrons. The molecule has 1 aliphatic rings. The topological polar surface area (TPSA) is 75.4 Å². The Labute approximate surface area is 180 Å². The zero-order valence-corrected chi connectivity index (χ0v) is 17.2. The molecule has 31 heavy (non-hydrogen) atoms. The molecule has 6 nitrogen and oxygen atoms in total. The third-order valence-corrected chi connectivity index (χ3v) is 5.47. The number of ether oxygens (including phenoxy) is 1. The lowest BCUT2D eigenvalue weighted by atomic mass is 10.00. The predicted molar refractivity (Wildman–Crippen MR) is 116 cm³/mol. The zero-order chi connectivity index (χ0) is 21.2. The molecule has 3 heterocycles. The number of anilines is 1. The molecule has 0 N–H and O–H groups in total. The first-order valence-corrected chi connectivity index (χ1v) is 10.2. The van der Waals surface area contributed by atoms with Crippen LogP contribution in [-0.4, -0.2) is 11.5 Å². The number of nitrogens with zero attached hydrogens (tertiary/aromatic N) is 3. The van der Waals surface area contributed by atoms with Crippen molar-refractivity contribution in [3.05, 3.63) is 88.8 Å². The minimum Gasteiger partial charge on any atom is -0.485 e. The standard InChI is InChI=1S/C25H21N3O3/c1-17-6-2-5-9-22(17)29-16-20-10-11-23(30-20)24-27-21(14-26)25(31-24)28-13-12-18-7-3-4-8-19(18)15-28/h2-11H,12-13,15-16H2,1H3. The van der Waals surface area contributed by atoms with Gasteiger partial charge in [0, 0.05) is 13.1 Å². The second kappa shape index (κ2) is 8.04. The summed E-state index contributed by atoms with van der Waals surface area (Å²) in [5.74, 6) is 2.73. The molecule has 1 aliphatic heterocycles. The summed E-state index contributed by atoms with van der Waals surface area (Å²) in [5, 5.41) is 9.60. The van der Waals surface area contributed by atoms with E-state index in [1.807, 2.05) is 43.3 Å². The third kappa shape index (κ3) is 3.78. The number of benzene rings is 2. The van der Waals surface area contributed by atoms with E-state index in [4.69, 9.17) is 13.6 Å². The van der Waals surface area contributed by atoms with Crippen LogP contribution in [-0.2, 0) is 19.6 Å². The van der Waals surface area contributed by atoms with Crippen molar-refractivity contribution < 1.29 is 13.6 Å². The van der Waals surface area contributed by atoms with Gasteiger partial charge in [-0.2, -0.15) is 10.2 Å². The SMILES string of the molecule is Cc1ccccc1OCc1ccc(-c2nc(C#N)c(N3CCc4ccccc4C3)o2)o1. The summed E-state index contributed by atoms with van der Waals surface area (Å²) in [7, 11) is 0. The summed E-state index contributed by atoms with van der Waals surface area (Å²) in [6.07, 6.45) is 0.901. The molecule has 4 aromatic rings. The van der Waals surface area contributed by atoms with E-state index in [-0.39, 0.29) is 5.69 Å². The van der Waals surface area contributed by atoms with Gasteiger partial charge in [-0.3, -0.25) is 0 Å². The van der Waals surface area contributed by atoms with Crippen molar-refractivity contribution >= 4 is 5.88 Å². The van der Waals surface area contributed by atoms with E-state index in [1.165, 1.54) is 11.1 Å². The Bertz CT molecular complexity index is 1270. The van der Waals surface area contributed by atoms with E-state index in [0.717, 1.165) is 24.3 Å². The second-order valence-electron chi connectivity index (χ2n) is 7.54. The van der Waals surface area contributed by atoms with Gasteiger partial charge in [-0.1, -0.05) is 42.5 Å². The van der Waals surface area contributed by atoms with Crippen molar-refractivity contribution in [1.82, 2.24) is 4.98 Å². The van der Waals surface area contributed by atoms with E-state index < -0.39 is 0 Å². The van der Waals surface area contributed by atoms with Crippen LogP contribution in [0.4, 0.5) is 5.88 Å². The maximum absolute atomic E-state index is 9.60. The van der Waals surface area contributed by atoms with Gasteiger partial charge in [-0.15, -0.1) is 0 Å². The van der Waals surface area contributed by atoms with Crippen LogP contribution >= 0.6 is 0 Å². The maximum Gasteiger partial charge on any atom is 0.266 e.